The summed E-state index contributed by atoms with van der Waals surface area (Å²) in [6, 6.07) is 9.18. The molecule has 0 fully saturated rings. The van der Waals surface area contributed by atoms with E-state index in [9.17, 15) is 14.5 Å². The predicted molar refractivity (Wildman–Crippen MR) is 70.6 cm³/mol. The third-order valence-corrected chi connectivity index (χ3v) is 2.51. The molecular formula is C13H10FN3O3. The summed E-state index contributed by atoms with van der Waals surface area (Å²) >= 11 is 0. The Morgan fingerprint density at radius 2 is 1.95 bits per heavy atom. The normalized spacial score (nSPS) is 10.1. The second-order valence-electron chi connectivity index (χ2n) is 3.88. The Kier molecular flexibility index (Phi) is 3.60. The van der Waals surface area contributed by atoms with Crippen molar-refractivity contribution < 1.29 is 14.1 Å². The minimum atomic E-state index is -0.591. The molecule has 0 heterocycles. The van der Waals surface area contributed by atoms with Gasteiger partial charge in [0.15, 0.2) is 0 Å². The van der Waals surface area contributed by atoms with E-state index in [2.05, 4.69) is 0 Å². The number of nitrogens with zero attached hydrogens (tertiary/aromatic N) is 1. The average Bonchev–Trinajstić information content (AvgIpc) is 2.41. The molecule has 2 aromatic rings. The van der Waals surface area contributed by atoms with Crippen molar-refractivity contribution in [1.29, 1.82) is 5.41 Å². The number of nitrogens with one attached hydrogen (secondary N) is 1. The van der Waals surface area contributed by atoms with Crippen molar-refractivity contribution in [3.63, 3.8) is 0 Å². The lowest BCUT2D eigenvalue weighted by atomic mass is 10.2. The number of rotatable bonds is 4. The highest BCUT2D eigenvalue weighted by Gasteiger charge is 2.17. The molecule has 0 unspecified atom stereocenters. The third-order valence-electron chi connectivity index (χ3n) is 2.51. The standard InChI is InChI=1S/C13H10FN3O3/c14-8-5-6-11(9(7-8)13(15)16)20-12-4-2-1-3-10(12)17(18)19/h1-7H,(H3,15,16). The lowest BCUT2D eigenvalue weighted by Crippen LogP contribution is -2.12. The molecule has 2 aromatic carbocycles. The highest BCUT2D eigenvalue weighted by atomic mass is 19.1. The molecule has 0 saturated heterocycles. The fraction of sp³-hybridized carbons (Fsp3) is 0. The molecule has 2 rings (SSSR count). The van der Waals surface area contributed by atoms with Crippen LogP contribution in [-0.4, -0.2) is 10.8 Å². The predicted octanol–water partition coefficient (Wildman–Crippen LogP) is 2.81. The molecule has 7 heteroatoms. The molecule has 0 saturated carbocycles. The van der Waals surface area contributed by atoms with E-state index < -0.39 is 16.6 Å². The molecular weight excluding hydrogens is 265 g/mol. The first-order valence-electron chi connectivity index (χ1n) is 5.54. The van der Waals surface area contributed by atoms with Crippen LogP contribution in [0.25, 0.3) is 0 Å². The minimum Gasteiger partial charge on any atom is -0.449 e. The van der Waals surface area contributed by atoms with Gasteiger partial charge in [-0.1, -0.05) is 12.1 Å². The maximum absolute atomic E-state index is 13.1. The summed E-state index contributed by atoms with van der Waals surface area (Å²) in [6.45, 7) is 0. The number of nitrogen functional groups attached to an aromatic ring is 1. The number of hydrogen-bond donors (Lipinski definition) is 2. The molecule has 6 nitrogen and oxygen atoms in total. The molecule has 0 atom stereocenters. The Morgan fingerprint density at radius 1 is 1.25 bits per heavy atom. The fourth-order valence-electron chi connectivity index (χ4n) is 1.61. The largest absolute Gasteiger partial charge is 0.449 e. The molecule has 0 amide bonds. The van der Waals surface area contributed by atoms with Crippen LogP contribution < -0.4 is 10.5 Å². The van der Waals surface area contributed by atoms with Gasteiger partial charge in [0.1, 0.15) is 17.4 Å². The number of nitro benzene ring substituents is 1. The molecule has 3 N–H and O–H groups in total. The molecule has 102 valence electrons. The second kappa shape index (κ2) is 5.35. The summed E-state index contributed by atoms with van der Waals surface area (Å²) in [4.78, 5) is 10.3. The molecule has 0 bridgehead atoms. The van der Waals surface area contributed by atoms with E-state index in [0.717, 1.165) is 12.1 Å². The van der Waals surface area contributed by atoms with Crippen molar-refractivity contribution in [2.45, 2.75) is 0 Å². The highest BCUT2D eigenvalue weighted by molar-refractivity contribution is 5.97. The first-order valence-corrected chi connectivity index (χ1v) is 5.54. The summed E-state index contributed by atoms with van der Waals surface area (Å²) in [5.74, 6) is -0.900. The van der Waals surface area contributed by atoms with Gasteiger partial charge in [0.25, 0.3) is 0 Å². The summed E-state index contributed by atoms with van der Waals surface area (Å²) in [5, 5.41) is 18.3. The third kappa shape index (κ3) is 2.72. The SMILES string of the molecule is N=C(N)c1cc(F)ccc1Oc1ccccc1[N+](=O)[O-]. The molecule has 0 aliphatic heterocycles. The van der Waals surface area contributed by atoms with Gasteiger partial charge in [0.05, 0.1) is 10.5 Å². The molecule has 0 radical (unpaired) electrons. The van der Waals surface area contributed by atoms with Gasteiger partial charge in [-0.25, -0.2) is 4.39 Å². The zero-order valence-electron chi connectivity index (χ0n) is 10.2. The zero-order valence-corrected chi connectivity index (χ0v) is 10.2. The second-order valence-corrected chi connectivity index (χ2v) is 3.88. The number of ether oxygens (including phenoxy) is 1. The van der Waals surface area contributed by atoms with Crippen LogP contribution in [-0.2, 0) is 0 Å². The minimum absolute atomic E-state index is 0.00777. The van der Waals surface area contributed by atoms with Crippen molar-refractivity contribution in [1.82, 2.24) is 0 Å². The van der Waals surface area contributed by atoms with Gasteiger partial charge in [0.2, 0.25) is 5.75 Å². The van der Waals surface area contributed by atoms with Crippen LogP contribution in [0.15, 0.2) is 42.5 Å². The van der Waals surface area contributed by atoms with Gasteiger partial charge >= 0.3 is 5.69 Å². The van der Waals surface area contributed by atoms with Crippen molar-refractivity contribution in [2.24, 2.45) is 5.73 Å². The van der Waals surface area contributed by atoms with Crippen LogP contribution in [0, 0.1) is 21.3 Å². The highest BCUT2D eigenvalue weighted by Crippen LogP contribution is 2.32. The Morgan fingerprint density at radius 3 is 2.60 bits per heavy atom. The summed E-state index contributed by atoms with van der Waals surface area (Å²) in [7, 11) is 0. The molecule has 0 spiro atoms. The van der Waals surface area contributed by atoms with E-state index in [4.69, 9.17) is 15.9 Å². The van der Waals surface area contributed by atoms with E-state index in [1.54, 1.807) is 6.07 Å². The first kappa shape index (κ1) is 13.5. The zero-order chi connectivity index (χ0) is 14.7. The van der Waals surface area contributed by atoms with Gasteiger partial charge in [-0.3, -0.25) is 15.5 Å². The Labute approximate surface area is 113 Å². The smallest absolute Gasteiger partial charge is 0.311 e. The number of nitrogens with two attached hydrogens (primary N) is 1. The van der Waals surface area contributed by atoms with Gasteiger partial charge in [-0.05, 0) is 24.3 Å². The lowest BCUT2D eigenvalue weighted by Gasteiger charge is -2.10. The van der Waals surface area contributed by atoms with E-state index in [0.29, 0.717) is 0 Å². The molecule has 0 aromatic heterocycles. The molecule has 20 heavy (non-hydrogen) atoms. The van der Waals surface area contributed by atoms with Gasteiger partial charge in [-0.15, -0.1) is 0 Å². The number of hydrogen-bond acceptors (Lipinski definition) is 4. The number of benzene rings is 2. The number of para-hydroxylation sites is 2. The van der Waals surface area contributed by atoms with Crippen LogP contribution >= 0.6 is 0 Å². The summed E-state index contributed by atoms with van der Waals surface area (Å²) < 4.78 is 18.5. The van der Waals surface area contributed by atoms with E-state index >= 15 is 0 Å². The van der Waals surface area contributed by atoms with Crippen molar-refractivity contribution >= 4 is 11.5 Å². The van der Waals surface area contributed by atoms with Gasteiger partial charge < -0.3 is 10.5 Å². The van der Waals surface area contributed by atoms with Crippen LogP contribution in [0.5, 0.6) is 11.5 Å². The average molecular weight is 275 g/mol. The molecule has 0 aliphatic rings. The van der Waals surface area contributed by atoms with Crippen LogP contribution in [0.3, 0.4) is 0 Å². The Hall–Kier alpha value is -2.96. The summed E-state index contributed by atoms with van der Waals surface area (Å²) in [5.41, 5.74) is 5.14. The maximum atomic E-state index is 13.1. The van der Waals surface area contributed by atoms with Crippen LogP contribution in [0.4, 0.5) is 10.1 Å². The summed E-state index contributed by atoms with van der Waals surface area (Å²) in [6.07, 6.45) is 0. The van der Waals surface area contributed by atoms with Crippen LogP contribution in [0.2, 0.25) is 0 Å². The van der Waals surface area contributed by atoms with E-state index in [1.165, 1.54) is 24.3 Å². The first-order chi connectivity index (χ1) is 9.49. The van der Waals surface area contributed by atoms with E-state index in [-0.39, 0.29) is 22.7 Å². The quantitative estimate of drug-likeness (QED) is 0.387. The van der Waals surface area contributed by atoms with Crippen molar-refractivity contribution in [2.75, 3.05) is 0 Å². The van der Waals surface area contributed by atoms with Gasteiger partial charge in [-0.2, -0.15) is 0 Å². The van der Waals surface area contributed by atoms with Crippen molar-refractivity contribution in [3.8, 4) is 11.5 Å². The maximum Gasteiger partial charge on any atom is 0.311 e. The van der Waals surface area contributed by atoms with Gasteiger partial charge in [0, 0.05) is 6.07 Å². The number of amidine groups is 1. The van der Waals surface area contributed by atoms with Crippen LogP contribution in [0.1, 0.15) is 5.56 Å². The topological polar surface area (TPSA) is 102 Å². The Balaban J connectivity index is 2.45. The van der Waals surface area contributed by atoms with Crippen molar-refractivity contribution in [3.05, 3.63) is 64.0 Å². The molecule has 0 aliphatic carbocycles. The van der Waals surface area contributed by atoms with E-state index in [1.807, 2.05) is 0 Å². The lowest BCUT2D eigenvalue weighted by molar-refractivity contribution is -0.385. The number of halogens is 1. The fourth-order valence-corrected chi connectivity index (χ4v) is 1.61. The Bertz CT molecular complexity index is 688. The monoisotopic (exact) mass is 275 g/mol. The number of nitro groups is 1.